The maximum absolute atomic E-state index is 8.70. The molecule has 0 saturated carbocycles. The molecule has 0 bridgehead atoms. The molecule has 1 aromatic carbocycles. The Balaban J connectivity index is 2.49. The molecule has 3 N–H and O–H groups in total. The molecular formula is C12H17N3. The second kappa shape index (κ2) is 5.92. The Morgan fingerprint density at radius 3 is 2.80 bits per heavy atom. The van der Waals surface area contributed by atoms with E-state index in [0.29, 0.717) is 11.3 Å². The predicted molar refractivity (Wildman–Crippen MR) is 63.6 cm³/mol. The van der Waals surface area contributed by atoms with Crippen molar-refractivity contribution >= 4 is 11.4 Å². The van der Waals surface area contributed by atoms with Crippen molar-refractivity contribution in [2.75, 3.05) is 17.6 Å². The van der Waals surface area contributed by atoms with Gasteiger partial charge in [0.25, 0.3) is 0 Å². The Bertz CT molecular complexity index is 352. The molecule has 0 aromatic heterocycles. The molecule has 1 rings (SSSR count). The van der Waals surface area contributed by atoms with Gasteiger partial charge in [-0.15, -0.1) is 0 Å². The fourth-order valence-corrected chi connectivity index (χ4v) is 1.38. The van der Waals surface area contributed by atoms with E-state index in [-0.39, 0.29) is 0 Å². The first kappa shape index (κ1) is 11.4. The summed E-state index contributed by atoms with van der Waals surface area (Å²) in [5.74, 6) is 0. The summed E-state index contributed by atoms with van der Waals surface area (Å²) in [6.07, 6.45) is 3.62. The van der Waals surface area contributed by atoms with Gasteiger partial charge in [-0.05, 0) is 24.6 Å². The summed E-state index contributed by atoms with van der Waals surface area (Å²) < 4.78 is 0. The molecule has 0 amide bonds. The summed E-state index contributed by atoms with van der Waals surface area (Å²) in [5, 5.41) is 12.0. The van der Waals surface area contributed by atoms with E-state index in [1.807, 2.05) is 18.2 Å². The summed E-state index contributed by atoms with van der Waals surface area (Å²) in [6.45, 7) is 3.14. The predicted octanol–water partition coefficient (Wildman–Crippen LogP) is 2.74. The third-order valence-corrected chi connectivity index (χ3v) is 2.28. The van der Waals surface area contributed by atoms with Crippen molar-refractivity contribution in [3.63, 3.8) is 0 Å². The molecular weight excluding hydrogens is 186 g/mol. The molecule has 0 radical (unpaired) electrons. The van der Waals surface area contributed by atoms with Gasteiger partial charge in [0, 0.05) is 12.2 Å². The van der Waals surface area contributed by atoms with Gasteiger partial charge in [-0.1, -0.05) is 19.8 Å². The van der Waals surface area contributed by atoms with Gasteiger partial charge in [-0.3, -0.25) is 0 Å². The smallest absolute Gasteiger partial charge is 0.101 e. The first-order valence-electron chi connectivity index (χ1n) is 5.31. The normalized spacial score (nSPS) is 9.60. The molecule has 80 valence electrons. The number of nitrogens with zero attached hydrogens (tertiary/aromatic N) is 1. The second-order valence-electron chi connectivity index (χ2n) is 3.55. The van der Waals surface area contributed by atoms with E-state index in [9.17, 15) is 0 Å². The third-order valence-electron chi connectivity index (χ3n) is 2.28. The molecule has 3 heteroatoms. The molecule has 0 aliphatic heterocycles. The Kier molecular flexibility index (Phi) is 4.49. The lowest BCUT2D eigenvalue weighted by atomic mass is 10.2. The number of nitriles is 1. The third kappa shape index (κ3) is 3.51. The first-order valence-corrected chi connectivity index (χ1v) is 5.31. The maximum atomic E-state index is 8.70. The van der Waals surface area contributed by atoms with Gasteiger partial charge in [0.05, 0.1) is 11.3 Å². The van der Waals surface area contributed by atoms with Crippen LogP contribution in [-0.4, -0.2) is 6.54 Å². The van der Waals surface area contributed by atoms with Crippen LogP contribution in [0.4, 0.5) is 11.4 Å². The first-order chi connectivity index (χ1) is 7.27. The van der Waals surface area contributed by atoms with Crippen LogP contribution in [0.2, 0.25) is 0 Å². The molecule has 0 aliphatic rings. The van der Waals surface area contributed by atoms with E-state index < -0.39 is 0 Å². The van der Waals surface area contributed by atoms with Crippen molar-refractivity contribution in [1.29, 1.82) is 5.26 Å². The lowest BCUT2D eigenvalue weighted by Crippen LogP contribution is -2.02. The van der Waals surface area contributed by atoms with Gasteiger partial charge in [0.15, 0.2) is 0 Å². The molecule has 3 nitrogen and oxygen atoms in total. The van der Waals surface area contributed by atoms with E-state index >= 15 is 0 Å². The number of unbranched alkanes of at least 4 members (excludes halogenated alkanes) is 2. The zero-order valence-corrected chi connectivity index (χ0v) is 9.09. The summed E-state index contributed by atoms with van der Waals surface area (Å²) in [4.78, 5) is 0. The number of hydrogen-bond donors (Lipinski definition) is 2. The summed E-state index contributed by atoms with van der Waals surface area (Å²) >= 11 is 0. The minimum atomic E-state index is 0.536. The van der Waals surface area contributed by atoms with E-state index in [2.05, 4.69) is 12.2 Å². The van der Waals surface area contributed by atoms with Crippen LogP contribution in [0.1, 0.15) is 31.7 Å². The topological polar surface area (TPSA) is 61.8 Å². The molecule has 0 unspecified atom stereocenters. The van der Waals surface area contributed by atoms with Crippen molar-refractivity contribution < 1.29 is 0 Å². The highest BCUT2D eigenvalue weighted by Crippen LogP contribution is 2.17. The van der Waals surface area contributed by atoms with Crippen LogP contribution in [0, 0.1) is 11.3 Å². The molecule has 0 spiro atoms. The SMILES string of the molecule is CCCCCNc1ccc(C#N)c(N)c1. The standard InChI is InChI=1S/C12H17N3/c1-2-3-4-7-15-11-6-5-10(9-13)12(14)8-11/h5-6,8,15H,2-4,7,14H2,1H3. The molecule has 15 heavy (non-hydrogen) atoms. The Morgan fingerprint density at radius 1 is 1.40 bits per heavy atom. The Hall–Kier alpha value is -1.69. The number of benzene rings is 1. The van der Waals surface area contributed by atoms with Gasteiger partial charge >= 0.3 is 0 Å². The fraction of sp³-hybridized carbons (Fsp3) is 0.417. The summed E-state index contributed by atoms with van der Waals surface area (Å²) in [5.41, 5.74) is 7.76. The highest BCUT2D eigenvalue weighted by molar-refractivity contribution is 5.62. The number of nitrogens with one attached hydrogen (secondary N) is 1. The monoisotopic (exact) mass is 203 g/mol. The minimum absolute atomic E-state index is 0.536. The number of nitrogens with two attached hydrogens (primary N) is 1. The van der Waals surface area contributed by atoms with Gasteiger partial charge in [0.1, 0.15) is 6.07 Å². The van der Waals surface area contributed by atoms with Crippen LogP contribution in [0.25, 0.3) is 0 Å². The number of nitrogen functional groups attached to an aromatic ring is 1. The van der Waals surface area contributed by atoms with Crippen molar-refractivity contribution in [2.45, 2.75) is 26.2 Å². The van der Waals surface area contributed by atoms with Crippen molar-refractivity contribution in [3.8, 4) is 6.07 Å². The maximum Gasteiger partial charge on any atom is 0.101 e. The van der Waals surface area contributed by atoms with Gasteiger partial charge < -0.3 is 11.1 Å². The second-order valence-corrected chi connectivity index (χ2v) is 3.55. The zero-order chi connectivity index (χ0) is 11.1. The van der Waals surface area contributed by atoms with Gasteiger partial charge in [-0.2, -0.15) is 5.26 Å². The highest BCUT2D eigenvalue weighted by Gasteiger charge is 1.98. The number of rotatable bonds is 5. The van der Waals surface area contributed by atoms with Gasteiger partial charge in [-0.25, -0.2) is 0 Å². The molecule has 0 aliphatic carbocycles. The Morgan fingerprint density at radius 2 is 2.20 bits per heavy atom. The molecule has 0 atom stereocenters. The van der Waals surface area contributed by atoms with E-state index in [0.717, 1.165) is 18.7 Å². The van der Waals surface area contributed by atoms with E-state index in [1.54, 1.807) is 6.07 Å². The Labute approximate surface area is 90.9 Å². The molecule has 0 heterocycles. The molecule has 0 fully saturated rings. The fourth-order valence-electron chi connectivity index (χ4n) is 1.38. The van der Waals surface area contributed by atoms with Crippen molar-refractivity contribution in [1.82, 2.24) is 0 Å². The van der Waals surface area contributed by atoms with Crippen LogP contribution < -0.4 is 11.1 Å². The lowest BCUT2D eigenvalue weighted by molar-refractivity contribution is 0.744. The van der Waals surface area contributed by atoms with Gasteiger partial charge in [0.2, 0.25) is 0 Å². The van der Waals surface area contributed by atoms with Crippen molar-refractivity contribution in [2.24, 2.45) is 0 Å². The van der Waals surface area contributed by atoms with Crippen LogP contribution >= 0.6 is 0 Å². The summed E-state index contributed by atoms with van der Waals surface area (Å²) in [7, 11) is 0. The van der Waals surface area contributed by atoms with E-state index in [1.165, 1.54) is 12.8 Å². The van der Waals surface area contributed by atoms with E-state index in [4.69, 9.17) is 11.0 Å². The summed E-state index contributed by atoms with van der Waals surface area (Å²) in [6, 6.07) is 7.49. The van der Waals surface area contributed by atoms with Crippen LogP contribution in [0.15, 0.2) is 18.2 Å². The van der Waals surface area contributed by atoms with Crippen LogP contribution in [0.5, 0.6) is 0 Å². The lowest BCUT2D eigenvalue weighted by Gasteiger charge is -2.07. The zero-order valence-electron chi connectivity index (χ0n) is 9.09. The number of hydrogen-bond acceptors (Lipinski definition) is 3. The van der Waals surface area contributed by atoms with Crippen LogP contribution in [0.3, 0.4) is 0 Å². The highest BCUT2D eigenvalue weighted by atomic mass is 14.9. The minimum Gasteiger partial charge on any atom is -0.398 e. The van der Waals surface area contributed by atoms with Crippen molar-refractivity contribution in [3.05, 3.63) is 23.8 Å². The average molecular weight is 203 g/mol. The number of anilines is 2. The molecule has 0 saturated heterocycles. The van der Waals surface area contributed by atoms with Crippen LogP contribution in [-0.2, 0) is 0 Å². The largest absolute Gasteiger partial charge is 0.398 e. The quantitative estimate of drug-likeness (QED) is 0.571. The molecule has 1 aromatic rings. The average Bonchev–Trinajstić information content (AvgIpc) is 2.25.